The molecule has 2 heteroatoms. The van der Waals surface area contributed by atoms with Crippen LogP contribution in [0.4, 0.5) is 0 Å². The lowest BCUT2D eigenvalue weighted by atomic mass is 10.6. The lowest BCUT2D eigenvalue weighted by molar-refractivity contribution is 1.07. The van der Waals surface area contributed by atoms with Crippen molar-refractivity contribution in [2.75, 3.05) is 6.67 Å². The summed E-state index contributed by atoms with van der Waals surface area (Å²) >= 11 is 0. The van der Waals surface area contributed by atoms with Gasteiger partial charge in [0.25, 0.3) is 0 Å². The van der Waals surface area contributed by atoms with Crippen LogP contribution in [0.2, 0.25) is 0 Å². The third-order valence-corrected chi connectivity index (χ3v) is 1.11. The minimum absolute atomic E-state index is 0.250. The Balaban J connectivity index is 0.000000120. The van der Waals surface area contributed by atoms with Crippen LogP contribution in [0.15, 0.2) is 24.3 Å². The molecular weight excluding hydrogens is 112 g/mol. The predicted molar refractivity (Wildman–Crippen MR) is 38.7 cm³/mol. The maximum atomic E-state index is 4.62. The number of hydrogen-bond donors (Lipinski definition) is 2. The van der Waals surface area contributed by atoms with E-state index in [4.69, 9.17) is 0 Å². The first kappa shape index (κ1) is 6.26. The summed E-state index contributed by atoms with van der Waals surface area (Å²) in [5.74, 6) is 0. The normalized spacial score (nSPS) is 9.56. The molecule has 2 aliphatic carbocycles. The van der Waals surface area contributed by atoms with Crippen molar-refractivity contribution in [3.8, 4) is 11.1 Å². The lowest BCUT2D eigenvalue weighted by Gasteiger charge is -1.56. The van der Waals surface area contributed by atoms with E-state index in [-0.39, 0.29) is 6.67 Å². The molecule has 0 unspecified atom stereocenters. The molecule has 2 rings (SSSR count). The van der Waals surface area contributed by atoms with E-state index in [1.165, 1.54) is 11.1 Å². The van der Waals surface area contributed by atoms with Gasteiger partial charge in [0.05, 0.1) is 0 Å². The van der Waals surface area contributed by atoms with Crippen molar-refractivity contribution >= 4 is 0 Å². The highest BCUT2D eigenvalue weighted by atomic mass is 14.7. The van der Waals surface area contributed by atoms with Crippen molar-refractivity contribution in [1.82, 2.24) is 0 Å². The summed E-state index contributed by atoms with van der Waals surface area (Å²) in [6, 6.07) is 8.48. The average molecular weight is 122 g/mol. The fourth-order valence-electron chi connectivity index (χ4n) is 0.676. The van der Waals surface area contributed by atoms with E-state index in [9.17, 15) is 0 Å². The summed E-state index contributed by atoms with van der Waals surface area (Å²) in [4.78, 5) is 0. The first-order valence-electron chi connectivity index (χ1n) is 2.89. The zero-order valence-electron chi connectivity index (χ0n) is 5.17. The summed E-state index contributed by atoms with van der Waals surface area (Å²) in [5.41, 5.74) is 12.1. The minimum Gasteiger partial charge on any atom is -0.319 e. The molecule has 0 heterocycles. The predicted octanol–water partition coefficient (Wildman–Crippen LogP) is 0.528. The van der Waals surface area contributed by atoms with Gasteiger partial charge in [-0.3, -0.25) is 0 Å². The van der Waals surface area contributed by atoms with Gasteiger partial charge in [0.15, 0.2) is 0 Å². The van der Waals surface area contributed by atoms with E-state index in [0.717, 1.165) is 0 Å². The molecule has 0 spiro atoms. The van der Waals surface area contributed by atoms with Gasteiger partial charge in [-0.2, -0.15) is 0 Å². The van der Waals surface area contributed by atoms with Crippen LogP contribution in [-0.4, -0.2) is 6.67 Å². The lowest BCUT2D eigenvalue weighted by Crippen LogP contribution is -2.08. The Bertz CT molecular complexity index is 179. The topological polar surface area (TPSA) is 52.0 Å². The van der Waals surface area contributed by atoms with Crippen LogP contribution in [0, 0.1) is 0 Å². The molecule has 48 valence electrons. The Morgan fingerprint density at radius 1 is 1.11 bits per heavy atom. The van der Waals surface area contributed by atoms with Crippen LogP contribution in [0.1, 0.15) is 0 Å². The third kappa shape index (κ3) is 1.52. The van der Waals surface area contributed by atoms with Gasteiger partial charge < -0.3 is 11.5 Å². The fourth-order valence-corrected chi connectivity index (χ4v) is 0.676. The van der Waals surface area contributed by atoms with E-state index in [2.05, 4.69) is 35.7 Å². The van der Waals surface area contributed by atoms with E-state index >= 15 is 0 Å². The zero-order valence-corrected chi connectivity index (χ0v) is 5.17. The molecule has 0 radical (unpaired) electrons. The van der Waals surface area contributed by atoms with Crippen molar-refractivity contribution in [3.05, 3.63) is 24.3 Å². The van der Waals surface area contributed by atoms with Gasteiger partial charge >= 0.3 is 0 Å². The maximum absolute atomic E-state index is 4.62. The Labute approximate surface area is 54.5 Å². The van der Waals surface area contributed by atoms with Crippen molar-refractivity contribution < 1.29 is 0 Å². The first-order valence-corrected chi connectivity index (χ1v) is 2.89. The second-order valence-electron chi connectivity index (χ2n) is 1.82. The summed E-state index contributed by atoms with van der Waals surface area (Å²) in [6.45, 7) is 0.250. The van der Waals surface area contributed by atoms with Crippen LogP contribution in [-0.2, 0) is 0 Å². The van der Waals surface area contributed by atoms with Gasteiger partial charge in [0, 0.05) is 6.67 Å². The highest BCUT2D eigenvalue weighted by molar-refractivity contribution is 5.80. The van der Waals surface area contributed by atoms with E-state index in [0.29, 0.717) is 0 Å². The van der Waals surface area contributed by atoms with E-state index in [1.807, 2.05) is 0 Å². The molecule has 0 atom stereocenters. The van der Waals surface area contributed by atoms with Gasteiger partial charge in [-0.25, -0.2) is 0 Å². The van der Waals surface area contributed by atoms with Crippen molar-refractivity contribution in [2.24, 2.45) is 11.5 Å². The molecule has 0 aromatic heterocycles. The fraction of sp³-hybridized carbons (Fsp3) is 0.143. The first-order chi connectivity index (χ1) is 4.38. The Morgan fingerprint density at radius 3 is 1.67 bits per heavy atom. The molecule has 0 saturated heterocycles. The molecule has 2 nitrogen and oxygen atoms in total. The molecule has 2 aliphatic rings. The monoisotopic (exact) mass is 122 g/mol. The van der Waals surface area contributed by atoms with Crippen molar-refractivity contribution in [3.63, 3.8) is 0 Å². The molecule has 0 saturated carbocycles. The second kappa shape index (κ2) is 2.62. The van der Waals surface area contributed by atoms with Gasteiger partial charge in [0.2, 0.25) is 0 Å². The van der Waals surface area contributed by atoms with Gasteiger partial charge in [0.1, 0.15) is 0 Å². The molecule has 0 bridgehead atoms. The van der Waals surface area contributed by atoms with Crippen molar-refractivity contribution in [2.45, 2.75) is 0 Å². The number of hydrogen-bond acceptors (Lipinski definition) is 2. The Morgan fingerprint density at radius 2 is 1.56 bits per heavy atom. The van der Waals surface area contributed by atoms with Crippen LogP contribution in [0.25, 0.3) is 11.1 Å². The molecule has 4 N–H and O–H groups in total. The standard InChI is InChI=1S/C6H4.CH6N2/c1-2-5-4-6(5)3-1;2-1-3/h1-4H;1-3H2. The molecular formula is C7H10N2. The average Bonchev–Trinajstić information content (AvgIpc) is 2.43. The highest BCUT2D eigenvalue weighted by Crippen LogP contribution is 2.32. The molecule has 0 fully saturated rings. The number of fused-ring (bicyclic) bond motifs is 1. The zero-order chi connectivity index (χ0) is 6.69. The minimum atomic E-state index is 0.250. The Kier molecular flexibility index (Phi) is 1.82. The molecule has 0 aromatic carbocycles. The third-order valence-electron chi connectivity index (χ3n) is 1.11. The summed E-state index contributed by atoms with van der Waals surface area (Å²) in [6.07, 6.45) is 0. The maximum Gasteiger partial charge on any atom is 0.0403 e. The van der Waals surface area contributed by atoms with Gasteiger partial charge in [-0.05, 0) is 17.2 Å². The van der Waals surface area contributed by atoms with Crippen LogP contribution < -0.4 is 11.5 Å². The molecule has 0 aromatic rings. The largest absolute Gasteiger partial charge is 0.319 e. The smallest absolute Gasteiger partial charge is 0.0403 e. The molecule has 9 heavy (non-hydrogen) atoms. The Hall–Kier alpha value is -0.860. The molecule has 0 aliphatic heterocycles. The number of benzene rings is 1. The number of rotatable bonds is 0. The SMILES string of the molecule is NCN.c1cc2cc-2c1. The van der Waals surface area contributed by atoms with E-state index < -0.39 is 0 Å². The summed E-state index contributed by atoms with van der Waals surface area (Å²) in [5, 5.41) is 0. The van der Waals surface area contributed by atoms with Crippen LogP contribution in [0.5, 0.6) is 0 Å². The van der Waals surface area contributed by atoms with Gasteiger partial charge in [-0.15, -0.1) is 0 Å². The summed E-state index contributed by atoms with van der Waals surface area (Å²) < 4.78 is 0. The highest BCUT2D eigenvalue weighted by Gasteiger charge is 2.06. The van der Waals surface area contributed by atoms with E-state index in [1.54, 1.807) is 0 Å². The van der Waals surface area contributed by atoms with Crippen LogP contribution in [0.3, 0.4) is 0 Å². The van der Waals surface area contributed by atoms with Gasteiger partial charge in [-0.1, -0.05) is 18.2 Å². The van der Waals surface area contributed by atoms with Crippen molar-refractivity contribution in [1.29, 1.82) is 0 Å². The second-order valence-corrected chi connectivity index (χ2v) is 1.82. The summed E-state index contributed by atoms with van der Waals surface area (Å²) in [7, 11) is 0. The van der Waals surface area contributed by atoms with Crippen LogP contribution >= 0.6 is 0 Å². The molecule has 0 amide bonds. The number of nitrogens with two attached hydrogens (primary N) is 2. The quantitative estimate of drug-likeness (QED) is 0.501.